The van der Waals surface area contributed by atoms with Gasteiger partial charge < -0.3 is 15.0 Å². The van der Waals surface area contributed by atoms with Gasteiger partial charge in [-0.1, -0.05) is 13.0 Å². The summed E-state index contributed by atoms with van der Waals surface area (Å²) in [4.78, 5) is 18.4. The maximum atomic E-state index is 12.4. The molecule has 6 heteroatoms. The Labute approximate surface area is 168 Å². The van der Waals surface area contributed by atoms with E-state index in [0.29, 0.717) is 43.9 Å². The van der Waals surface area contributed by atoms with Gasteiger partial charge in [0.25, 0.3) is 0 Å². The Morgan fingerprint density at radius 2 is 2.21 bits per heavy atom. The molecule has 1 rings (SSSR count). The number of likely N-dealkylation sites (N-methyl/N-ethyl adjacent to an activating group) is 1. The first-order chi connectivity index (χ1) is 13.5. The molecular weight excluding hydrogens is 352 g/mol. The van der Waals surface area contributed by atoms with Crippen LogP contribution in [0.25, 0.3) is 0 Å². The molecule has 0 aliphatic carbocycles. The second kappa shape index (κ2) is 13.4. The third-order valence-electron chi connectivity index (χ3n) is 3.92. The van der Waals surface area contributed by atoms with Crippen molar-refractivity contribution in [2.24, 2.45) is 0 Å². The third-order valence-corrected chi connectivity index (χ3v) is 3.92. The monoisotopic (exact) mass is 384 g/mol. The number of hydrogen-bond acceptors (Lipinski definition) is 5. The molecule has 6 nitrogen and oxygen atoms in total. The van der Waals surface area contributed by atoms with Gasteiger partial charge in [0, 0.05) is 32.3 Å². The summed E-state index contributed by atoms with van der Waals surface area (Å²) in [7, 11) is 0. The summed E-state index contributed by atoms with van der Waals surface area (Å²) in [5.41, 5.74) is 0.501. The van der Waals surface area contributed by atoms with Crippen LogP contribution >= 0.6 is 0 Å². The van der Waals surface area contributed by atoms with Gasteiger partial charge in [0.1, 0.15) is 17.6 Å². The molecule has 0 bridgehead atoms. The highest BCUT2D eigenvalue weighted by molar-refractivity contribution is 5.76. The van der Waals surface area contributed by atoms with E-state index in [2.05, 4.69) is 23.3 Å². The average Bonchev–Trinajstić information content (AvgIpc) is 2.68. The molecule has 1 N–H and O–H groups in total. The maximum absolute atomic E-state index is 12.4. The fourth-order valence-corrected chi connectivity index (χ4v) is 2.60. The number of nitriles is 1. The number of ether oxygens (including phenoxy) is 1. The van der Waals surface area contributed by atoms with Gasteiger partial charge in [-0.05, 0) is 57.9 Å². The molecule has 152 valence electrons. The maximum Gasteiger partial charge on any atom is 0.222 e. The van der Waals surface area contributed by atoms with Crippen molar-refractivity contribution in [1.82, 2.24) is 9.88 Å². The highest BCUT2D eigenvalue weighted by Crippen LogP contribution is 2.10. The lowest BCUT2D eigenvalue weighted by Gasteiger charge is -2.21. The van der Waals surface area contributed by atoms with Crippen molar-refractivity contribution < 1.29 is 9.53 Å². The van der Waals surface area contributed by atoms with Crippen molar-refractivity contribution in [1.29, 1.82) is 5.26 Å². The Balaban J connectivity index is 2.45. The smallest absolute Gasteiger partial charge is 0.222 e. The van der Waals surface area contributed by atoms with Crippen LogP contribution in [0.4, 0.5) is 5.82 Å². The Bertz CT molecular complexity index is 705. The molecule has 0 aromatic carbocycles. The number of nitrogens with one attached hydrogen (secondary N) is 1. The first kappa shape index (κ1) is 23.2. The van der Waals surface area contributed by atoms with Crippen molar-refractivity contribution >= 4 is 11.7 Å². The van der Waals surface area contributed by atoms with Gasteiger partial charge in [0.05, 0.1) is 11.7 Å². The summed E-state index contributed by atoms with van der Waals surface area (Å²) in [6, 6.07) is 5.55. The minimum Gasteiger partial charge on any atom is -0.491 e. The molecule has 28 heavy (non-hydrogen) atoms. The first-order valence-electron chi connectivity index (χ1n) is 9.91. The molecule has 1 aromatic rings. The van der Waals surface area contributed by atoms with Gasteiger partial charge in [-0.3, -0.25) is 4.79 Å². The molecule has 0 spiro atoms. The number of hydrogen-bond donors (Lipinski definition) is 1. The number of pyridine rings is 1. The number of anilines is 1. The summed E-state index contributed by atoms with van der Waals surface area (Å²) in [5, 5.41) is 12.2. The van der Waals surface area contributed by atoms with Crippen molar-refractivity contribution in [3.63, 3.8) is 0 Å². The van der Waals surface area contributed by atoms with Crippen LogP contribution in [0.5, 0.6) is 0 Å². The van der Waals surface area contributed by atoms with Crippen LogP contribution in [-0.4, -0.2) is 41.5 Å². The fourth-order valence-electron chi connectivity index (χ4n) is 2.60. The molecule has 0 fully saturated rings. The van der Waals surface area contributed by atoms with Gasteiger partial charge in [-0.15, -0.1) is 0 Å². The molecule has 0 saturated carbocycles. The zero-order chi connectivity index (χ0) is 20.8. The topological polar surface area (TPSA) is 78.3 Å². The lowest BCUT2D eigenvalue weighted by Crippen LogP contribution is -2.34. The first-order valence-corrected chi connectivity index (χ1v) is 9.91. The number of amides is 1. The Kier molecular flexibility index (Phi) is 11.1. The standard InChI is InChI=1S/C22H32N4O2/c1-5-10-20(28-18(3)4)12-7-8-13-21(27)26(6-2)16-15-25-22-19(17-23)11-9-14-24-22/h7,9-12,14,18H,5-6,8,13,15-16H2,1-4H3,(H,24,25)/b12-7-,20-10+. The third kappa shape index (κ3) is 8.72. The summed E-state index contributed by atoms with van der Waals surface area (Å²) in [5.74, 6) is 1.52. The molecule has 0 aliphatic rings. The van der Waals surface area contributed by atoms with Crippen molar-refractivity contribution in [3.8, 4) is 6.07 Å². The second-order valence-electron chi connectivity index (χ2n) is 6.53. The number of carbonyl (C=O) groups excluding carboxylic acids is 1. The molecule has 0 saturated heterocycles. The quantitative estimate of drug-likeness (QED) is 0.430. The molecular formula is C22H32N4O2. The molecule has 0 aliphatic heterocycles. The van der Waals surface area contributed by atoms with Crippen LogP contribution < -0.4 is 5.32 Å². The van der Waals surface area contributed by atoms with Crippen molar-refractivity contribution in [2.75, 3.05) is 25.0 Å². The number of aromatic nitrogens is 1. The predicted octanol–water partition coefficient (Wildman–Crippen LogP) is 4.27. The SMILES string of the molecule is CC/C=C(\C=C/CCC(=O)N(CC)CCNc1ncccc1C#N)OC(C)C. The summed E-state index contributed by atoms with van der Waals surface area (Å²) in [6.07, 6.45) is 9.78. The number of carbonyl (C=O) groups is 1. The molecule has 0 unspecified atom stereocenters. The number of rotatable bonds is 12. The van der Waals surface area contributed by atoms with Crippen LogP contribution in [0.1, 0.15) is 52.5 Å². The predicted molar refractivity (Wildman–Crippen MR) is 113 cm³/mol. The van der Waals surface area contributed by atoms with Gasteiger partial charge in [-0.2, -0.15) is 5.26 Å². The summed E-state index contributed by atoms with van der Waals surface area (Å²) in [6.45, 7) is 9.79. The van der Waals surface area contributed by atoms with Crippen LogP contribution in [0, 0.1) is 11.3 Å². The van der Waals surface area contributed by atoms with Crippen LogP contribution in [0.3, 0.4) is 0 Å². The highest BCUT2D eigenvalue weighted by Gasteiger charge is 2.11. The normalized spacial score (nSPS) is 11.5. The van der Waals surface area contributed by atoms with E-state index in [1.165, 1.54) is 0 Å². The fraction of sp³-hybridized carbons (Fsp3) is 0.500. The van der Waals surface area contributed by atoms with Crippen molar-refractivity contribution in [2.45, 2.75) is 53.1 Å². The van der Waals surface area contributed by atoms with E-state index in [1.54, 1.807) is 18.3 Å². The van der Waals surface area contributed by atoms with E-state index in [0.717, 1.165) is 12.2 Å². The molecule has 0 radical (unpaired) electrons. The lowest BCUT2D eigenvalue weighted by molar-refractivity contribution is -0.130. The van der Waals surface area contributed by atoms with E-state index < -0.39 is 0 Å². The molecule has 1 aromatic heterocycles. The van der Waals surface area contributed by atoms with Gasteiger partial charge in [0.2, 0.25) is 5.91 Å². The van der Waals surface area contributed by atoms with E-state index in [4.69, 9.17) is 10.00 Å². The number of allylic oxidation sites excluding steroid dienone is 3. The minimum absolute atomic E-state index is 0.112. The summed E-state index contributed by atoms with van der Waals surface area (Å²) < 4.78 is 5.72. The number of nitrogens with zero attached hydrogens (tertiary/aromatic N) is 3. The zero-order valence-corrected chi connectivity index (χ0v) is 17.4. The lowest BCUT2D eigenvalue weighted by atomic mass is 10.2. The van der Waals surface area contributed by atoms with Crippen LogP contribution in [0.15, 0.2) is 42.3 Å². The Morgan fingerprint density at radius 1 is 1.43 bits per heavy atom. The Hall–Kier alpha value is -2.81. The Morgan fingerprint density at radius 3 is 2.86 bits per heavy atom. The van der Waals surface area contributed by atoms with E-state index in [1.807, 2.05) is 43.9 Å². The molecule has 0 atom stereocenters. The van der Waals surface area contributed by atoms with Gasteiger partial charge >= 0.3 is 0 Å². The van der Waals surface area contributed by atoms with Crippen LogP contribution in [-0.2, 0) is 9.53 Å². The van der Waals surface area contributed by atoms with Crippen LogP contribution in [0.2, 0.25) is 0 Å². The van der Waals surface area contributed by atoms with Crippen molar-refractivity contribution in [3.05, 3.63) is 47.9 Å². The molecule has 1 heterocycles. The zero-order valence-electron chi connectivity index (χ0n) is 17.4. The van der Waals surface area contributed by atoms with E-state index >= 15 is 0 Å². The van der Waals surface area contributed by atoms with Gasteiger partial charge in [-0.25, -0.2) is 4.98 Å². The van der Waals surface area contributed by atoms with E-state index in [9.17, 15) is 4.79 Å². The highest BCUT2D eigenvalue weighted by atomic mass is 16.5. The minimum atomic E-state index is 0.112. The molecule has 1 amide bonds. The van der Waals surface area contributed by atoms with Gasteiger partial charge in [0.15, 0.2) is 0 Å². The summed E-state index contributed by atoms with van der Waals surface area (Å²) >= 11 is 0. The average molecular weight is 385 g/mol. The second-order valence-corrected chi connectivity index (χ2v) is 6.53. The van der Waals surface area contributed by atoms with E-state index in [-0.39, 0.29) is 12.0 Å². The largest absolute Gasteiger partial charge is 0.491 e.